The van der Waals surface area contributed by atoms with Crippen LogP contribution in [0.1, 0.15) is 33.9 Å². The molecule has 0 aromatic heterocycles. The largest absolute Gasteiger partial charge is 0.384 e. The van der Waals surface area contributed by atoms with Gasteiger partial charge in [0.05, 0.1) is 6.42 Å². The molecule has 0 aliphatic carbocycles. The predicted octanol–water partition coefficient (Wildman–Crippen LogP) is 3.53. The lowest BCUT2D eigenvalue weighted by molar-refractivity contribution is -0.115. The van der Waals surface area contributed by atoms with Crippen molar-refractivity contribution in [1.82, 2.24) is 0 Å². The maximum absolute atomic E-state index is 11.6. The Hall–Kier alpha value is -1.84. The number of aliphatic hydroxyl groups is 1. The van der Waals surface area contributed by atoms with Crippen LogP contribution < -0.4 is 5.32 Å². The lowest BCUT2D eigenvalue weighted by Gasteiger charge is -2.18. The van der Waals surface area contributed by atoms with Gasteiger partial charge in [-0.25, -0.2) is 0 Å². The number of anilines is 1. The summed E-state index contributed by atoms with van der Waals surface area (Å²) >= 11 is 5.88. The summed E-state index contributed by atoms with van der Waals surface area (Å²) < 4.78 is 0. The van der Waals surface area contributed by atoms with Gasteiger partial charge < -0.3 is 10.4 Å². The van der Waals surface area contributed by atoms with Gasteiger partial charge in [0, 0.05) is 10.7 Å². The quantitative estimate of drug-likeness (QED) is 0.891. The number of halogens is 1. The molecule has 3 rings (SSSR count). The lowest BCUT2D eigenvalue weighted by atomic mass is 9.91. The SMILES string of the molecule is Cc1c(C(O)c2ccc(Cl)cc2)cc2c(c1C)NC(=O)C2. The first-order valence-electron chi connectivity index (χ1n) is 6.83. The van der Waals surface area contributed by atoms with Crippen molar-refractivity contribution >= 4 is 23.2 Å². The normalized spacial score (nSPS) is 14.8. The van der Waals surface area contributed by atoms with Crippen molar-refractivity contribution in [3.63, 3.8) is 0 Å². The standard InChI is InChI=1S/C17H16ClNO2/c1-9-10(2)16-12(8-15(20)19-16)7-14(9)17(21)11-3-5-13(18)6-4-11/h3-7,17,21H,8H2,1-2H3,(H,19,20). The van der Waals surface area contributed by atoms with Crippen LogP contribution in [0.15, 0.2) is 30.3 Å². The molecule has 3 nitrogen and oxygen atoms in total. The molecule has 108 valence electrons. The third kappa shape index (κ3) is 2.43. The van der Waals surface area contributed by atoms with Gasteiger partial charge in [-0.3, -0.25) is 4.79 Å². The fourth-order valence-electron chi connectivity index (χ4n) is 2.79. The summed E-state index contributed by atoms with van der Waals surface area (Å²) in [6, 6.07) is 9.09. The highest BCUT2D eigenvalue weighted by molar-refractivity contribution is 6.30. The number of rotatable bonds is 2. The van der Waals surface area contributed by atoms with Crippen LogP contribution in [0.25, 0.3) is 0 Å². The molecule has 0 fully saturated rings. The Labute approximate surface area is 128 Å². The van der Waals surface area contributed by atoms with E-state index in [4.69, 9.17) is 11.6 Å². The molecule has 1 aliphatic heterocycles. The van der Waals surface area contributed by atoms with Gasteiger partial charge in [0.25, 0.3) is 0 Å². The van der Waals surface area contributed by atoms with Crippen molar-refractivity contribution in [3.05, 3.63) is 63.2 Å². The van der Waals surface area contributed by atoms with E-state index >= 15 is 0 Å². The fourth-order valence-corrected chi connectivity index (χ4v) is 2.92. The number of hydrogen-bond donors (Lipinski definition) is 2. The van der Waals surface area contributed by atoms with Gasteiger partial charge in [-0.2, -0.15) is 0 Å². The van der Waals surface area contributed by atoms with E-state index in [1.165, 1.54) is 0 Å². The Balaban J connectivity index is 2.07. The zero-order valence-electron chi connectivity index (χ0n) is 11.9. The molecule has 2 N–H and O–H groups in total. The molecule has 2 aromatic rings. The predicted molar refractivity (Wildman–Crippen MR) is 83.8 cm³/mol. The molecule has 1 heterocycles. The highest BCUT2D eigenvalue weighted by atomic mass is 35.5. The number of fused-ring (bicyclic) bond motifs is 1. The monoisotopic (exact) mass is 301 g/mol. The third-order valence-electron chi connectivity index (χ3n) is 4.12. The molecule has 1 atom stereocenters. The summed E-state index contributed by atoms with van der Waals surface area (Å²) in [5.74, 6) is 0.00522. The second-order valence-electron chi connectivity index (χ2n) is 5.43. The van der Waals surface area contributed by atoms with Gasteiger partial charge in [0.1, 0.15) is 6.10 Å². The molecule has 1 amide bonds. The Kier molecular flexibility index (Phi) is 3.47. The minimum Gasteiger partial charge on any atom is -0.384 e. The van der Waals surface area contributed by atoms with Crippen LogP contribution >= 0.6 is 11.6 Å². The molecule has 2 aromatic carbocycles. The van der Waals surface area contributed by atoms with Crippen molar-refractivity contribution in [2.45, 2.75) is 26.4 Å². The Bertz CT molecular complexity index is 723. The maximum atomic E-state index is 11.6. The number of benzene rings is 2. The van der Waals surface area contributed by atoms with Crippen LogP contribution in [-0.2, 0) is 11.2 Å². The molecule has 21 heavy (non-hydrogen) atoms. The average Bonchev–Trinajstić information content (AvgIpc) is 2.84. The highest BCUT2D eigenvalue weighted by Crippen LogP contribution is 2.35. The van der Waals surface area contributed by atoms with Crippen molar-refractivity contribution in [2.75, 3.05) is 5.32 Å². The van der Waals surface area contributed by atoms with E-state index in [0.717, 1.165) is 33.5 Å². The van der Waals surface area contributed by atoms with Crippen LogP contribution in [0.3, 0.4) is 0 Å². The smallest absolute Gasteiger partial charge is 0.228 e. The van der Waals surface area contributed by atoms with Crippen molar-refractivity contribution in [3.8, 4) is 0 Å². The Morgan fingerprint density at radius 2 is 1.86 bits per heavy atom. The van der Waals surface area contributed by atoms with E-state index in [0.29, 0.717) is 11.4 Å². The first-order valence-corrected chi connectivity index (χ1v) is 7.21. The number of carbonyl (C=O) groups excluding carboxylic acids is 1. The molecule has 1 unspecified atom stereocenters. The average molecular weight is 302 g/mol. The van der Waals surface area contributed by atoms with E-state index in [-0.39, 0.29) is 5.91 Å². The number of aliphatic hydroxyl groups excluding tert-OH is 1. The number of nitrogens with one attached hydrogen (secondary N) is 1. The zero-order chi connectivity index (χ0) is 15.1. The van der Waals surface area contributed by atoms with Gasteiger partial charge >= 0.3 is 0 Å². The Morgan fingerprint density at radius 1 is 1.19 bits per heavy atom. The van der Waals surface area contributed by atoms with Gasteiger partial charge in [0.15, 0.2) is 0 Å². The molecule has 0 saturated carbocycles. The molecule has 4 heteroatoms. The second-order valence-corrected chi connectivity index (χ2v) is 5.87. The first-order chi connectivity index (χ1) is 9.97. The maximum Gasteiger partial charge on any atom is 0.228 e. The summed E-state index contributed by atoms with van der Waals surface area (Å²) in [6.07, 6.45) is -0.349. The third-order valence-corrected chi connectivity index (χ3v) is 4.37. The molecule has 0 bridgehead atoms. The number of amides is 1. The highest BCUT2D eigenvalue weighted by Gasteiger charge is 2.24. The summed E-state index contributed by atoms with van der Waals surface area (Å²) in [5.41, 5.74) is 5.49. The van der Waals surface area contributed by atoms with E-state index in [9.17, 15) is 9.90 Å². The minimum atomic E-state index is -0.720. The van der Waals surface area contributed by atoms with Crippen LogP contribution in [-0.4, -0.2) is 11.0 Å². The van der Waals surface area contributed by atoms with Crippen LogP contribution in [0.2, 0.25) is 5.02 Å². The van der Waals surface area contributed by atoms with Crippen molar-refractivity contribution < 1.29 is 9.90 Å². The van der Waals surface area contributed by atoms with Crippen LogP contribution in [0.5, 0.6) is 0 Å². The van der Waals surface area contributed by atoms with Gasteiger partial charge in [0.2, 0.25) is 5.91 Å². The fraction of sp³-hybridized carbons (Fsp3) is 0.235. The molecule has 0 saturated heterocycles. The molecular formula is C17H16ClNO2. The van der Waals surface area contributed by atoms with E-state index in [1.807, 2.05) is 32.0 Å². The van der Waals surface area contributed by atoms with Gasteiger partial charge in [-0.15, -0.1) is 0 Å². The molecular weight excluding hydrogens is 286 g/mol. The van der Waals surface area contributed by atoms with E-state index in [1.54, 1.807) is 12.1 Å². The molecule has 0 spiro atoms. The number of hydrogen-bond acceptors (Lipinski definition) is 2. The van der Waals surface area contributed by atoms with Crippen LogP contribution in [0, 0.1) is 13.8 Å². The minimum absolute atomic E-state index is 0.00522. The van der Waals surface area contributed by atoms with Crippen LogP contribution in [0.4, 0.5) is 5.69 Å². The molecule has 0 radical (unpaired) electrons. The summed E-state index contributed by atoms with van der Waals surface area (Å²) in [5, 5.41) is 14.2. The topological polar surface area (TPSA) is 49.3 Å². The lowest BCUT2D eigenvalue weighted by Crippen LogP contribution is -2.06. The molecule has 1 aliphatic rings. The summed E-state index contributed by atoms with van der Waals surface area (Å²) in [6.45, 7) is 3.94. The second kappa shape index (κ2) is 5.17. The summed E-state index contributed by atoms with van der Waals surface area (Å²) in [7, 11) is 0. The van der Waals surface area contributed by atoms with Crippen molar-refractivity contribution in [1.29, 1.82) is 0 Å². The van der Waals surface area contributed by atoms with E-state index < -0.39 is 6.10 Å². The summed E-state index contributed by atoms with van der Waals surface area (Å²) in [4.78, 5) is 11.6. The first kappa shape index (κ1) is 14.1. The van der Waals surface area contributed by atoms with Crippen molar-refractivity contribution in [2.24, 2.45) is 0 Å². The zero-order valence-corrected chi connectivity index (χ0v) is 12.7. The van der Waals surface area contributed by atoms with E-state index in [2.05, 4.69) is 5.32 Å². The van der Waals surface area contributed by atoms with Gasteiger partial charge in [-0.05, 0) is 59.9 Å². The number of carbonyl (C=O) groups is 1. The Morgan fingerprint density at radius 3 is 2.52 bits per heavy atom. The van der Waals surface area contributed by atoms with Gasteiger partial charge in [-0.1, -0.05) is 23.7 Å².